The van der Waals surface area contributed by atoms with E-state index in [1.807, 2.05) is 109 Å². The molecular formula is C36H31F3N2O2S. The number of alkyl halides is 3. The van der Waals surface area contributed by atoms with Crippen LogP contribution in [0.25, 0.3) is 33.7 Å². The number of fused-ring (bicyclic) bond motifs is 3. The monoisotopic (exact) mass is 612 g/mol. The van der Waals surface area contributed by atoms with Gasteiger partial charge < -0.3 is 9.73 Å². The van der Waals surface area contributed by atoms with Crippen molar-refractivity contribution in [1.29, 1.82) is 0 Å². The van der Waals surface area contributed by atoms with Gasteiger partial charge in [-0.05, 0) is 35.1 Å². The van der Waals surface area contributed by atoms with Crippen LogP contribution in [0.2, 0.25) is 0 Å². The highest BCUT2D eigenvalue weighted by Crippen LogP contribution is 2.51. The lowest BCUT2D eigenvalue weighted by Crippen LogP contribution is -2.47. The van der Waals surface area contributed by atoms with Crippen molar-refractivity contribution in [2.24, 2.45) is 0 Å². The average Bonchev–Trinajstić information content (AvgIpc) is 3.60. The van der Waals surface area contributed by atoms with Gasteiger partial charge >= 0.3 is 6.18 Å². The van der Waals surface area contributed by atoms with Crippen molar-refractivity contribution in [3.05, 3.63) is 120 Å². The lowest BCUT2D eigenvalue weighted by atomic mass is 9.73. The molecule has 4 aromatic carbocycles. The zero-order valence-corrected chi connectivity index (χ0v) is 24.8. The van der Waals surface area contributed by atoms with Crippen LogP contribution in [0.3, 0.4) is 0 Å². The SMILES string of the molecule is O=C(NCC(F)(F)F)C1(CCCCCSc2nc(-c3ccccc3)c(-c3ccccc3)o2)c2ccccc2-c2ccccc21. The molecule has 0 saturated heterocycles. The summed E-state index contributed by atoms with van der Waals surface area (Å²) >= 11 is 1.54. The third-order valence-electron chi connectivity index (χ3n) is 8.01. The number of rotatable bonds is 11. The lowest BCUT2D eigenvalue weighted by molar-refractivity contribution is -0.141. The summed E-state index contributed by atoms with van der Waals surface area (Å²) in [6.07, 6.45) is -1.79. The van der Waals surface area contributed by atoms with E-state index < -0.39 is 24.0 Å². The number of carbonyl (C=O) groups is 1. The van der Waals surface area contributed by atoms with Crippen LogP contribution in [0.15, 0.2) is 119 Å². The smallest absolute Gasteiger partial charge is 0.405 e. The minimum atomic E-state index is -4.49. The standard InChI is InChI=1S/C36H31F3N2O2S/c37-36(38,39)24-40-33(42)35(29-20-10-8-18-27(29)28-19-9-11-21-30(28)35)22-12-3-13-23-44-34-41-31(25-14-4-1-5-15-25)32(43-34)26-16-6-2-7-17-26/h1-2,4-11,14-21H,3,12-13,22-24H2,(H,40,42). The first-order chi connectivity index (χ1) is 21.4. The number of oxazole rings is 1. The molecule has 6 rings (SSSR count). The number of hydrogen-bond acceptors (Lipinski definition) is 4. The molecule has 1 heterocycles. The minimum Gasteiger partial charge on any atom is -0.431 e. The third-order valence-corrected chi connectivity index (χ3v) is 8.93. The van der Waals surface area contributed by atoms with E-state index in [4.69, 9.17) is 9.40 Å². The van der Waals surface area contributed by atoms with E-state index in [1.165, 1.54) is 11.8 Å². The number of thioether (sulfide) groups is 1. The Hall–Kier alpha value is -4.30. The molecule has 1 N–H and O–H groups in total. The third kappa shape index (κ3) is 6.04. The van der Waals surface area contributed by atoms with Gasteiger partial charge in [-0.15, -0.1) is 0 Å². The topological polar surface area (TPSA) is 55.1 Å². The predicted octanol–water partition coefficient (Wildman–Crippen LogP) is 9.31. The Morgan fingerprint density at radius 3 is 1.93 bits per heavy atom. The van der Waals surface area contributed by atoms with E-state index in [2.05, 4.69) is 5.32 Å². The molecule has 0 unspecified atom stereocenters. The van der Waals surface area contributed by atoms with E-state index >= 15 is 0 Å². The summed E-state index contributed by atoms with van der Waals surface area (Å²) in [6, 6.07) is 34.9. The number of hydrogen-bond donors (Lipinski definition) is 1. The fourth-order valence-electron chi connectivity index (χ4n) is 6.05. The molecule has 0 bridgehead atoms. The average molecular weight is 613 g/mol. The van der Waals surface area contributed by atoms with Crippen LogP contribution in [-0.2, 0) is 10.2 Å². The number of unbranched alkanes of at least 4 members (excludes halogenated alkanes) is 2. The Bertz CT molecular complexity index is 1630. The molecule has 5 aromatic rings. The van der Waals surface area contributed by atoms with Gasteiger partial charge in [-0.3, -0.25) is 4.79 Å². The van der Waals surface area contributed by atoms with Crippen molar-refractivity contribution >= 4 is 17.7 Å². The molecule has 1 aliphatic carbocycles. The van der Waals surface area contributed by atoms with Gasteiger partial charge in [-0.1, -0.05) is 134 Å². The van der Waals surface area contributed by atoms with E-state index in [-0.39, 0.29) is 0 Å². The molecule has 44 heavy (non-hydrogen) atoms. The fraction of sp³-hybridized carbons (Fsp3) is 0.222. The molecule has 1 aliphatic rings. The molecule has 0 fully saturated rings. The van der Waals surface area contributed by atoms with Gasteiger partial charge in [0.05, 0.1) is 0 Å². The Labute approximate surface area is 258 Å². The van der Waals surface area contributed by atoms with Gasteiger partial charge in [0.15, 0.2) is 5.76 Å². The first kappa shape index (κ1) is 29.8. The first-order valence-electron chi connectivity index (χ1n) is 14.7. The molecule has 0 aliphatic heterocycles. The molecule has 0 saturated carbocycles. The Morgan fingerprint density at radius 1 is 0.750 bits per heavy atom. The number of halogens is 3. The van der Waals surface area contributed by atoms with Crippen molar-refractivity contribution in [2.45, 2.75) is 42.5 Å². The van der Waals surface area contributed by atoms with Crippen LogP contribution in [0.4, 0.5) is 13.2 Å². The van der Waals surface area contributed by atoms with Gasteiger partial charge in [0.2, 0.25) is 5.91 Å². The Kier molecular flexibility index (Phi) is 8.62. The molecule has 8 heteroatoms. The van der Waals surface area contributed by atoms with Gasteiger partial charge in [0, 0.05) is 16.9 Å². The molecule has 1 amide bonds. The van der Waals surface area contributed by atoms with E-state index in [0.717, 1.165) is 63.4 Å². The van der Waals surface area contributed by atoms with E-state index in [9.17, 15) is 18.0 Å². The van der Waals surface area contributed by atoms with Crippen LogP contribution < -0.4 is 5.32 Å². The molecule has 0 atom stereocenters. The second kappa shape index (κ2) is 12.7. The quantitative estimate of drug-likeness (QED) is 0.119. The van der Waals surface area contributed by atoms with Crippen LogP contribution in [0.5, 0.6) is 0 Å². The summed E-state index contributed by atoms with van der Waals surface area (Å²) in [7, 11) is 0. The largest absolute Gasteiger partial charge is 0.431 e. The lowest BCUT2D eigenvalue weighted by Gasteiger charge is -2.31. The van der Waals surface area contributed by atoms with Crippen LogP contribution in [-0.4, -0.2) is 29.4 Å². The molecule has 1 aromatic heterocycles. The molecule has 0 spiro atoms. The summed E-state index contributed by atoms with van der Waals surface area (Å²) in [6.45, 7) is -1.36. The fourth-order valence-corrected chi connectivity index (χ4v) is 6.87. The Morgan fingerprint density at radius 2 is 1.32 bits per heavy atom. The summed E-state index contributed by atoms with van der Waals surface area (Å²) in [5.41, 5.74) is 4.87. The second-order valence-corrected chi connectivity index (χ2v) is 11.9. The second-order valence-electron chi connectivity index (χ2n) is 10.8. The summed E-state index contributed by atoms with van der Waals surface area (Å²) < 4.78 is 45.7. The van der Waals surface area contributed by atoms with Crippen LogP contribution >= 0.6 is 11.8 Å². The highest BCUT2D eigenvalue weighted by atomic mass is 32.2. The predicted molar refractivity (Wildman–Crippen MR) is 168 cm³/mol. The van der Waals surface area contributed by atoms with Crippen molar-refractivity contribution in [1.82, 2.24) is 10.3 Å². The van der Waals surface area contributed by atoms with Gasteiger partial charge in [0.1, 0.15) is 17.7 Å². The van der Waals surface area contributed by atoms with E-state index in [0.29, 0.717) is 18.1 Å². The summed E-state index contributed by atoms with van der Waals surface area (Å²) in [4.78, 5) is 18.5. The number of carbonyl (C=O) groups excluding carboxylic acids is 1. The number of nitrogens with zero attached hydrogens (tertiary/aromatic N) is 1. The molecule has 4 nitrogen and oxygen atoms in total. The van der Waals surface area contributed by atoms with Gasteiger partial charge in [0.25, 0.3) is 5.22 Å². The number of nitrogens with one attached hydrogen (secondary N) is 1. The Balaban J connectivity index is 1.15. The maximum absolute atomic E-state index is 13.7. The van der Waals surface area contributed by atoms with Crippen molar-refractivity contribution in [3.63, 3.8) is 0 Å². The zero-order valence-electron chi connectivity index (χ0n) is 23.9. The zero-order chi connectivity index (χ0) is 30.6. The molecular weight excluding hydrogens is 581 g/mol. The summed E-state index contributed by atoms with van der Waals surface area (Å²) in [5, 5.41) is 2.79. The van der Waals surface area contributed by atoms with Crippen molar-refractivity contribution in [3.8, 4) is 33.7 Å². The number of aromatic nitrogens is 1. The minimum absolute atomic E-state index is 0.407. The highest BCUT2D eigenvalue weighted by molar-refractivity contribution is 7.99. The van der Waals surface area contributed by atoms with Crippen LogP contribution in [0, 0.1) is 0 Å². The maximum atomic E-state index is 13.7. The first-order valence-corrected chi connectivity index (χ1v) is 15.6. The maximum Gasteiger partial charge on any atom is 0.405 e. The molecule has 224 valence electrons. The van der Waals surface area contributed by atoms with Gasteiger partial charge in [-0.25, -0.2) is 4.98 Å². The highest BCUT2D eigenvalue weighted by Gasteiger charge is 2.49. The number of benzene rings is 4. The van der Waals surface area contributed by atoms with Crippen molar-refractivity contribution in [2.75, 3.05) is 12.3 Å². The normalized spacial score (nSPS) is 13.3. The number of amides is 1. The van der Waals surface area contributed by atoms with E-state index in [1.54, 1.807) is 0 Å². The van der Waals surface area contributed by atoms with Gasteiger partial charge in [-0.2, -0.15) is 13.2 Å². The van der Waals surface area contributed by atoms with Crippen molar-refractivity contribution < 1.29 is 22.4 Å². The van der Waals surface area contributed by atoms with Crippen LogP contribution in [0.1, 0.15) is 36.8 Å². The molecule has 0 radical (unpaired) electrons. The summed E-state index contributed by atoms with van der Waals surface area (Å²) in [5.74, 6) is 0.872.